The summed E-state index contributed by atoms with van der Waals surface area (Å²) in [5.74, 6) is 0.488. The second-order valence-electron chi connectivity index (χ2n) is 8.61. The fourth-order valence-electron chi connectivity index (χ4n) is 4.34. The molecule has 0 saturated carbocycles. The average Bonchev–Trinajstić information content (AvgIpc) is 2.92. The number of nitrogens with zero attached hydrogens (tertiary/aromatic N) is 5. The molecule has 1 unspecified atom stereocenters. The predicted octanol–water partition coefficient (Wildman–Crippen LogP) is 4.00. The molecule has 0 spiro atoms. The highest BCUT2D eigenvalue weighted by Gasteiger charge is 2.12. The van der Waals surface area contributed by atoms with Gasteiger partial charge < -0.3 is 14.6 Å². The summed E-state index contributed by atoms with van der Waals surface area (Å²) < 4.78 is 29.4. The van der Waals surface area contributed by atoms with Crippen molar-refractivity contribution in [3.63, 3.8) is 0 Å². The quantitative estimate of drug-likeness (QED) is 0.278. The average molecular weight is 514 g/mol. The van der Waals surface area contributed by atoms with Gasteiger partial charge in [0.2, 0.25) is 5.95 Å². The maximum absolute atomic E-state index is 11.5. The lowest BCUT2D eigenvalue weighted by atomic mass is 10.0. The number of benzene rings is 3. The number of morpholine rings is 1. The highest BCUT2D eigenvalue weighted by molar-refractivity contribution is 7.80. The SMILES string of the molecule is N#CCN(c1ccc(-c2cccc3cnc(Nc4cccc(CN5CCOCC5)c4)nc23)cc1)S(=O)[O-]. The fourth-order valence-corrected chi connectivity index (χ4v) is 4.80. The molecule has 2 heterocycles. The Balaban J connectivity index is 1.39. The van der Waals surface area contributed by atoms with Crippen LogP contribution in [0.3, 0.4) is 0 Å². The van der Waals surface area contributed by atoms with Crippen LogP contribution in [0, 0.1) is 11.3 Å². The Morgan fingerprint density at radius 3 is 2.65 bits per heavy atom. The van der Waals surface area contributed by atoms with Crippen LogP contribution < -0.4 is 9.62 Å². The number of hydrogen-bond donors (Lipinski definition) is 1. The molecule has 0 radical (unpaired) electrons. The van der Waals surface area contributed by atoms with Crippen molar-refractivity contribution in [2.45, 2.75) is 6.54 Å². The molecule has 1 fully saturated rings. The summed E-state index contributed by atoms with van der Waals surface area (Å²) in [4.78, 5) is 11.7. The molecule has 1 atom stereocenters. The molecule has 10 heteroatoms. The van der Waals surface area contributed by atoms with Crippen LogP contribution in [0.4, 0.5) is 17.3 Å². The van der Waals surface area contributed by atoms with Crippen molar-refractivity contribution in [2.75, 3.05) is 42.5 Å². The number of hydrogen-bond acceptors (Lipinski definition) is 8. The van der Waals surface area contributed by atoms with Crippen LogP contribution in [-0.4, -0.2) is 56.5 Å². The Kier molecular flexibility index (Phi) is 7.67. The van der Waals surface area contributed by atoms with E-state index in [1.165, 1.54) is 5.56 Å². The van der Waals surface area contributed by atoms with Crippen LogP contribution in [0.25, 0.3) is 22.0 Å². The molecule has 1 N–H and O–H groups in total. The summed E-state index contributed by atoms with van der Waals surface area (Å²) in [5.41, 5.74) is 5.09. The van der Waals surface area contributed by atoms with Gasteiger partial charge in [-0.05, 0) is 35.4 Å². The third kappa shape index (κ3) is 5.93. The van der Waals surface area contributed by atoms with Crippen molar-refractivity contribution >= 4 is 39.5 Å². The number of nitriles is 1. The smallest absolute Gasteiger partial charge is 0.227 e. The van der Waals surface area contributed by atoms with Gasteiger partial charge in [0.15, 0.2) is 0 Å². The minimum atomic E-state index is -2.53. The van der Waals surface area contributed by atoms with Gasteiger partial charge in [-0.25, -0.2) is 9.97 Å². The van der Waals surface area contributed by atoms with E-state index in [0.717, 1.165) is 64.9 Å². The third-order valence-electron chi connectivity index (χ3n) is 6.16. The third-order valence-corrected chi connectivity index (χ3v) is 6.86. The summed E-state index contributed by atoms with van der Waals surface area (Å²) >= 11 is -2.53. The second kappa shape index (κ2) is 11.5. The molecule has 1 saturated heterocycles. The lowest BCUT2D eigenvalue weighted by molar-refractivity contribution is 0.0342. The van der Waals surface area contributed by atoms with Gasteiger partial charge in [0.25, 0.3) is 0 Å². The van der Waals surface area contributed by atoms with Crippen molar-refractivity contribution in [1.82, 2.24) is 14.9 Å². The Bertz CT molecular complexity index is 1450. The minimum absolute atomic E-state index is 0.250. The molecule has 5 rings (SSSR count). The monoisotopic (exact) mass is 513 g/mol. The maximum Gasteiger partial charge on any atom is 0.227 e. The first-order chi connectivity index (χ1) is 18.1. The molecule has 4 aromatic rings. The highest BCUT2D eigenvalue weighted by Crippen LogP contribution is 2.30. The summed E-state index contributed by atoms with van der Waals surface area (Å²) in [5, 5.41) is 13.1. The number of rotatable bonds is 8. The summed E-state index contributed by atoms with van der Waals surface area (Å²) in [6, 6.07) is 23.0. The van der Waals surface area contributed by atoms with E-state index < -0.39 is 11.3 Å². The second-order valence-corrected chi connectivity index (χ2v) is 9.48. The Morgan fingerprint density at radius 2 is 1.89 bits per heavy atom. The van der Waals surface area contributed by atoms with Gasteiger partial charge in [0.1, 0.15) is 6.54 Å². The highest BCUT2D eigenvalue weighted by atomic mass is 32.2. The topological polar surface area (TPSA) is 117 Å². The number of ether oxygens (including phenoxy) is 1. The number of fused-ring (bicyclic) bond motifs is 1. The first-order valence-corrected chi connectivity index (χ1v) is 12.9. The maximum atomic E-state index is 11.5. The fraction of sp³-hybridized carbons (Fsp3) is 0.222. The van der Waals surface area contributed by atoms with Gasteiger partial charge in [-0.15, -0.1) is 0 Å². The molecular formula is C27H25N6O3S-. The normalized spacial score (nSPS) is 14.7. The standard InChI is InChI=1S/C27H26N6O3S/c28-11-12-33(37(34)35)24-9-7-21(8-10-24)25-6-2-4-22-18-29-27(31-26(22)25)30-23-5-1-3-20(17-23)19-32-13-15-36-16-14-32/h1-10,17-18H,12-16,19H2,(H,34,35)(H,29,30,31)/p-1. The van der Waals surface area contributed by atoms with Crippen molar-refractivity contribution < 1.29 is 13.5 Å². The number of para-hydroxylation sites is 1. The van der Waals surface area contributed by atoms with Crippen LogP contribution in [0.15, 0.2) is 72.9 Å². The summed E-state index contributed by atoms with van der Waals surface area (Å²) in [6.07, 6.45) is 1.79. The lowest BCUT2D eigenvalue weighted by Gasteiger charge is -2.26. The molecule has 37 heavy (non-hydrogen) atoms. The van der Waals surface area contributed by atoms with Crippen molar-refractivity contribution in [3.05, 3.63) is 78.5 Å². The largest absolute Gasteiger partial charge is 0.755 e. The first kappa shape index (κ1) is 24.8. The molecule has 0 amide bonds. The van der Waals surface area contributed by atoms with Gasteiger partial charge in [0.05, 0.1) is 24.8 Å². The van der Waals surface area contributed by atoms with Crippen LogP contribution >= 0.6 is 0 Å². The van der Waals surface area contributed by atoms with E-state index in [1.807, 2.05) is 48.5 Å². The molecule has 0 bridgehead atoms. The Labute approximate surface area is 217 Å². The van der Waals surface area contributed by atoms with Gasteiger partial charge >= 0.3 is 0 Å². The number of anilines is 3. The summed E-state index contributed by atoms with van der Waals surface area (Å²) in [7, 11) is 0. The van der Waals surface area contributed by atoms with E-state index in [-0.39, 0.29) is 6.54 Å². The zero-order valence-electron chi connectivity index (χ0n) is 20.0. The molecular weight excluding hydrogens is 488 g/mol. The van der Waals surface area contributed by atoms with Gasteiger partial charge in [-0.2, -0.15) is 5.26 Å². The number of aromatic nitrogens is 2. The van der Waals surface area contributed by atoms with Crippen LogP contribution in [0.5, 0.6) is 0 Å². The lowest BCUT2D eigenvalue weighted by Crippen LogP contribution is -2.35. The molecule has 1 aliphatic heterocycles. The Morgan fingerprint density at radius 1 is 1.11 bits per heavy atom. The molecule has 9 nitrogen and oxygen atoms in total. The first-order valence-electron chi connectivity index (χ1n) is 11.9. The van der Waals surface area contributed by atoms with E-state index in [4.69, 9.17) is 15.0 Å². The number of nitrogens with one attached hydrogen (secondary N) is 1. The molecule has 1 aromatic heterocycles. The zero-order valence-corrected chi connectivity index (χ0v) is 20.9. The van der Waals surface area contributed by atoms with Crippen LogP contribution in [0.1, 0.15) is 5.56 Å². The van der Waals surface area contributed by atoms with Crippen LogP contribution in [-0.2, 0) is 22.5 Å². The predicted molar refractivity (Wildman–Crippen MR) is 143 cm³/mol. The van der Waals surface area contributed by atoms with Crippen LogP contribution in [0.2, 0.25) is 0 Å². The van der Waals surface area contributed by atoms with E-state index in [2.05, 4.69) is 27.3 Å². The molecule has 1 aliphatic rings. The van der Waals surface area contributed by atoms with Crippen molar-refractivity contribution in [2.24, 2.45) is 0 Å². The van der Waals surface area contributed by atoms with E-state index in [0.29, 0.717) is 11.6 Å². The zero-order chi connectivity index (χ0) is 25.6. The molecule has 0 aliphatic carbocycles. The van der Waals surface area contributed by atoms with E-state index in [1.54, 1.807) is 18.3 Å². The van der Waals surface area contributed by atoms with Crippen molar-refractivity contribution in [1.29, 1.82) is 5.26 Å². The van der Waals surface area contributed by atoms with Gasteiger partial charge in [-0.3, -0.25) is 13.4 Å². The minimum Gasteiger partial charge on any atom is -0.755 e. The van der Waals surface area contributed by atoms with Crippen molar-refractivity contribution in [3.8, 4) is 17.2 Å². The van der Waals surface area contributed by atoms with Gasteiger partial charge in [-0.1, -0.05) is 42.5 Å². The van der Waals surface area contributed by atoms with E-state index in [9.17, 15) is 8.76 Å². The molecule has 3 aromatic carbocycles. The molecule has 188 valence electrons. The van der Waals surface area contributed by atoms with Gasteiger partial charge in [0, 0.05) is 59.4 Å². The van der Waals surface area contributed by atoms with E-state index >= 15 is 0 Å². The summed E-state index contributed by atoms with van der Waals surface area (Å²) in [6.45, 7) is 4.01. The Hall–Kier alpha value is -3.88.